The lowest BCUT2D eigenvalue weighted by Crippen LogP contribution is -2.38. The van der Waals surface area contributed by atoms with Crippen molar-refractivity contribution in [2.45, 2.75) is 18.9 Å². The number of aliphatic hydroxyl groups excluding tert-OH is 1. The minimum Gasteiger partial charge on any atom is -0.396 e. The topological polar surface area (TPSA) is 35.5 Å². The lowest BCUT2D eigenvalue weighted by atomic mass is 10.2. The second-order valence-electron chi connectivity index (χ2n) is 4.44. The van der Waals surface area contributed by atoms with E-state index in [1.165, 1.54) is 12.1 Å². The molecule has 1 saturated heterocycles. The number of nitrogens with one attached hydrogen (secondary N) is 1. The third-order valence-corrected chi connectivity index (χ3v) is 3.15. The van der Waals surface area contributed by atoms with Crippen molar-refractivity contribution in [2.24, 2.45) is 0 Å². The van der Waals surface area contributed by atoms with Gasteiger partial charge in [-0.3, -0.25) is 0 Å². The summed E-state index contributed by atoms with van der Waals surface area (Å²) in [6.07, 6.45) is 1.83. The Hall–Kier alpha value is -1.13. The van der Waals surface area contributed by atoms with E-state index >= 15 is 0 Å². The van der Waals surface area contributed by atoms with Crippen LogP contribution in [0.15, 0.2) is 24.3 Å². The molecule has 0 bridgehead atoms. The summed E-state index contributed by atoms with van der Waals surface area (Å²) in [6, 6.07) is 6.93. The van der Waals surface area contributed by atoms with Crippen molar-refractivity contribution in [3.8, 4) is 0 Å². The zero-order chi connectivity index (χ0) is 12.1. The van der Waals surface area contributed by atoms with Crippen LogP contribution in [0.1, 0.15) is 12.8 Å². The zero-order valence-corrected chi connectivity index (χ0v) is 9.90. The summed E-state index contributed by atoms with van der Waals surface area (Å²) in [6.45, 7) is 3.02. The first-order valence-corrected chi connectivity index (χ1v) is 6.14. The third kappa shape index (κ3) is 3.41. The molecule has 1 aromatic rings. The van der Waals surface area contributed by atoms with Crippen LogP contribution in [0.5, 0.6) is 0 Å². The summed E-state index contributed by atoms with van der Waals surface area (Å²) in [5, 5.41) is 12.4. The number of anilines is 1. The maximum Gasteiger partial charge on any atom is 0.123 e. The molecule has 1 fully saturated rings. The first kappa shape index (κ1) is 12.3. The van der Waals surface area contributed by atoms with Gasteiger partial charge in [0.15, 0.2) is 0 Å². The number of aliphatic hydroxyl groups is 1. The van der Waals surface area contributed by atoms with Gasteiger partial charge in [-0.25, -0.2) is 4.39 Å². The molecule has 4 heteroatoms. The van der Waals surface area contributed by atoms with Crippen LogP contribution in [-0.2, 0) is 0 Å². The van der Waals surface area contributed by atoms with E-state index in [1.807, 2.05) is 12.1 Å². The van der Waals surface area contributed by atoms with Crippen LogP contribution in [0.4, 0.5) is 10.1 Å². The summed E-state index contributed by atoms with van der Waals surface area (Å²) in [5.41, 5.74) is 1.05. The average Bonchev–Trinajstić information content (AvgIpc) is 2.56. The molecule has 1 atom stereocenters. The van der Waals surface area contributed by atoms with Gasteiger partial charge in [0, 0.05) is 31.4 Å². The van der Waals surface area contributed by atoms with E-state index < -0.39 is 0 Å². The van der Waals surface area contributed by atoms with Crippen LogP contribution in [0.3, 0.4) is 0 Å². The third-order valence-electron chi connectivity index (χ3n) is 3.15. The smallest absolute Gasteiger partial charge is 0.123 e. The molecule has 1 unspecified atom stereocenters. The van der Waals surface area contributed by atoms with Gasteiger partial charge in [-0.2, -0.15) is 0 Å². The van der Waals surface area contributed by atoms with Gasteiger partial charge in [0.2, 0.25) is 0 Å². The fraction of sp³-hybridized carbons (Fsp3) is 0.538. The van der Waals surface area contributed by atoms with Crippen molar-refractivity contribution < 1.29 is 9.50 Å². The average molecular weight is 238 g/mol. The van der Waals surface area contributed by atoms with Gasteiger partial charge in [0.05, 0.1) is 0 Å². The standard InChI is InChI=1S/C13H19FN2O/c14-11-2-4-13(5-3-11)16-8-1-7-15-12(10-16)6-9-17/h2-5,12,15,17H,1,6-10H2. The van der Waals surface area contributed by atoms with Crippen molar-refractivity contribution in [1.29, 1.82) is 0 Å². The monoisotopic (exact) mass is 238 g/mol. The molecule has 2 N–H and O–H groups in total. The number of hydrogen-bond donors (Lipinski definition) is 2. The second kappa shape index (κ2) is 5.98. The molecular formula is C13H19FN2O. The molecule has 1 aliphatic heterocycles. The van der Waals surface area contributed by atoms with Crippen molar-refractivity contribution >= 4 is 5.69 Å². The van der Waals surface area contributed by atoms with Gasteiger partial charge in [0.1, 0.15) is 5.82 Å². The largest absolute Gasteiger partial charge is 0.396 e. The Morgan fingerprint density at radius 1 is 1.35 bits per heavy atom. The molecule has 0 aromatic heterocycles. The Labute approximate surface area is 101 Å². The van der Waals surface area contributed by atoms with E-state index in [0.717, 1.165) is 38.2 Å². The molecule has 1 aliphatic rings. The number of rotatable bonds is 3. The Morgan fingerprint density at radius 2 is 2.12 bits per heavy atom. The SMILES string of the molecule is OCCC1CN(c2ccc(F)cc2)CCCN1. The van der Waals surface area contributed by atoms with Crippen LogP contribution in [0, 0.1) is 5.82 Å². The highest BCUT2D eigenvalue weighted by Crippen LogP contribution is 2.17. The number of hydrogen-bond acceptors (Lipinski definition) is 3. The van der Waals surface area contributed by atoms with Gasteiger partial charge < -0.3 is 15.3 Å². The quantitative estimate of drug-likeness (QED) is 0.835. The maximum absolute atomic E-state index is 12.9. The van der Waals surface area contributed by atoms with Gasteiger partial charge in [0.25, 0.3) is 0 Å². The fourth-order valence-corrected chi connectivity index (χ4v) is 2.23. The molecule has 1 aromatic carbocycles. The maximum atomic E-state index is 12.9. The number of benzene rings is 1. The molecule has 0 spiro atoms. The van der Waals surface area contributed by atoms with E-state index in [4.69, 9.17) is 5.11 Å². The molecule has 3 nitrogen and oxygen atoms in total. The van der Waals surface area contributed by atoms with E-state index in [0.29, 0.717) is 6.04 Å². The van der Waals surface area contributed by atoms with Crippen LogP contribution in [0.2, 0.25) is 0 Å². The molecule has 1 heterocycles. The van der Waals surface area contributed by atoms with Crippen molar-refractivity contribution in [3.05, 3.63) is 30.1 Å². The molecule has 0 amide bonds. The van der Waals surface area contributed by atoms with Crippen molar-refractivity contribution in [3.63, 3.8) is 0 Å². The van der Waals surface area contributed by atoms with E-state index in [-0.39, 0.29) is 12.4 Å². The molecule has 94 valence electrons. The summed E-state index contributed by atoms with van der Waals surface area (Å²) in [4.78, 5) is 2.25. The number of nitrogens with zero attached hydrogens (tertiary/aromatic N) is 1. The van der Waals surface area contributed by atoms with Gasteiger partial charge >= 0.3 is 0 Å². The Balaban J connectivity index is 2.05. The van der Waals surface area contributed by atoms with Crippen molar-refractivity contribution in [1.82, 2.24) is 5.32 Å². The predicted molar refractivity (Wildman–Crippen MR) is 66.7 cm³/mol. The molecular weight excluding hydrogens is 219 g/mol. The zero-order valence-electron chi connectivity index (χ0n) is 9.90. The van der Waals surface area contributed by atoms with Gasteiger partial charge in [-0.1, -0.05) is 0 Å². The minimum absolute atomic E-state index is 0.200. The Bertz CT molecular complexity index is 342. The normalized spacial score (nSPS) is 21.3. The molecule has 0 aliphatic carbocycles. The number of halogens is 1. The lowest BCUT2D eigenvalue weighted by Gasteiger charge is -2.26. The Morgan fingerprint density at radius 3 is 2.82 bits per heavy atom. The first-order valence-electron chi connectivity index (χ1n) is 6.14. The van der Waals surface area contributed by atoms with Crippen LogP contribution < -0.4 is 10.2 Å². The van der Waals surface area contributed by atoms with Crippen LogP contribution in [0.25, 0.3) is 0 Å². The Kier molecular flexibility index (Phi) is 4.34. The highest BCUT2D eigenvalue weighted by Gasteiger charge is 2.17. The fourth-order valence-electron chi connectivity index (χ4n) is 2.23. The van der Waals surface area contributed by atoms with Crippen molar-refractivity contribution in [2.75, 3.05) is 31.1 Å². The second-order valence-corrected chi connectivity index (χ2v) is 4.44. The summed E-state index contributed by atoms with van der Waals surface area (Å²) in [5.74, 6) is -0.200. The molecule has 17 heavy (non-hydrogen) atoms. The highest BCUT2D eigenvalue weighted by molar-refractivity contribution is 5.46. The van der Waals surface area contributed by atoms with Crippen LogP contribution in [-0.4, -0.2) is 37.4 Å². The first-order chi connectivity index (χ1) is 8.29. The van der Waals surface area contributed by atoms with Crippen LogP contribution >= 0.6 is 0 Å². The van der Waals surface area contributed by atoms with E-state index in [2.05, 4.69) is 10.2 Å². The van der Waals surface area contributed by atoms with Gasteiger partial charge in [-0.05, 0) is 43.7 Å². The van der Waals surface area contributed by atoms with Gasteiger partial charge in [-0.15, -0.1) is 0 Å². The lowest BCUT2D eigenvalue weighted by molar-refractivity contribution is 0.267. The van der Waals surface area contributed by atoms with E-state index in [1.54, 1.807) is 0 Å². The molecule has 0 radical (unpaired) electrons. The predicted octanol–water partition coefficient (Wildman–Crippen LogP) is 1.38. The van der Waals surface area contributed by atoms with E-state index in [9.17, 15) is 4.39 Å². The summed E-state index contributed by atoms with van der Waals surface area (Å²) >= 11 is 0. The summed E-state index contributed by atoms with van der Waals surface area (Å²) < 4.78 is 12.9. The highest BCUT2D eigenvalue weighted by atomic mass is 19.1. The molecule has 0 saturated carbocycles. The molecule has 2 rings (SSSR count). The minimum atomic E-state index is -0.200. The summed E-state index contributed by atoms with van der Waals surface area (Å²) in [7, 11) is 0.